The van der Waals surface area contributed by atoms with Crippen molar-refractivity contribution in [2.75, 3.05) is 0 Å². The van der Waals surface area contributed by atoms with Gasteiger partial charge in [0, 0.05) is 6.08 Å². The minimum Gasteiger partial charge on any atom is -0.478 e. The Morgan fingerprint density at radius 3 is 2.44 bits per heavy atom. The van der Waals surface area contributed by atoms with Crippen LogP contribution in [0.1, 0.15) is 36.7 Å². The molecule has 1 aromatic heterocycles. The van der Waals surface area contributed by atoms with Crippen LogP contribution in [0.4, 0.5) is 13.2 Å². The molecule has 1 rings (SSSR count). The number of carbonyl (C=O) groups is 1. The van der Waals surface area contributed by atoms with Crippen LogP contribution < -0.4 is 0 Å². The molecule has 18 heavy (non-hydrogen) atoms. The van der Waals surface area contributed by atoms with E-state index in [4.69, 9.17) is 5.11 Å². The van der Waals surface area contributed by atoms with Crippen molar-refractivity contribution < 1.29 is 23.1 Å². The van der Waals surface area contributed by atoms with Gasteiger partial charge in [0.2, 0.25) is 0 Å². The molecule has 0 amide bonds. The van der Waals surface area contributed by atoms with Crippen molar-refractivity contribution >= 4 is 12.0 Å². The van der Waals surface area contributed by atoms with Gasteiger partial charge in [-0.15, -0.1) is 0 Å². The molecule has 6 heteroatoms. The summed E-state index contributed by atoms with van der Waals surface area (Å²) < 4.78 is 37.5. The van der Waals surface area contributed by atoms with Gasteiger partial charge in [0.1, 0.15) is 5.69 Å². The van der Waals surface area contributed by atoms with Crippen LogP contribution in [0.5, 0.6) is 0 Å². The number of rotatable bonds is 3. The van der Waals surface area contributed by atoms with Crippen molar-refractivity contribution in [3.05, 3.63) is 35.2 Å². The third-order valence-electron chi connectivity index (χ3n) is 2.20. The van der Waals surface area contributed by atoms with Crippen LogP contribution in [0.25, 0.3) is 6.08 Å². The molecule has 0 saturated carbocycles. The monoisotopic (exact) mass is 259 g/mol. The highest BCUT2D eigenvalue weighted by atomic mass is 19.4. The lowest BCUT2D eigenvalue weighted by Crippen LogP contribution is -2.11. The molecule has 1 heterocycles. The third-order valence-corrected chi connectivity index (χ3v) is 2.20. The van der Waals surface area contributed by atoms with E-state index in [1.165, 1.54) is 12.1 Å². The van der Waals surface area contributed by atoms with E-state index in [0.717, 1.165) is 12.1 Å². The van der Waals surface area contributed by atoms with E-state index in [2.05, 4.69) is 4.98 Å². The van der Waals surface area contributed by atoms with E-state index >= 15 is 0 Å². The van der Waals surface area contributed by atoms with Crippen LogP contribution in [0.2, 0.25) is 0 Å². The predicted molar refractivity (Wildman–Crippen MR) is 60.0 cm³/mol. The predicted octanol–water partition coefficient (Wildman–Crippen LogP) is 3.32. The topological polar surface area (TPSA) is 50.2 Å². The molecule has 0 aromatic carbocycles. The number of aliphatic carboxylic acids is 1. The van der Waals surface area contributed by atoms with Gasteiger partial charge < -0.3 is 5.11 Å². The molecule has 0 aliphatic heterocycles. The summed E-state index contributed by atoms with van der Waals surface area (Å²) in [7, 11) is 0. The van der Waals surface area contributed by atoms with Gasteiger partial charge in [-0.3, -0.25) is 0 Å². The number of carboxylic acids is 1. The Hall–Kier alpha value is -1.85. The maximum absolute atomic E-state index is 12.5. The van der Waals surface area contributed by atoms with Crippen LogP contribution in [-0.2, 0) is 11.0 Å². The number of nitrogens with zero attached hydrogens (tertiary/aromatic N) is 1. The van der Waals surface area contributed by atoms with Gasteiger partial charge in [-0.2, -0.15) is 13.2 Å². The Morgan fingerprint density at radius 2 is 2.00 bits per heavy atom. The zero-order valence-corrected chi connectivity index (χ0v) is 9.82. The van der Waals surface area contributed by atoms with Gasteiger partial charge in [-0.05, 0) is 23.6 Å². The first kappa shape index (κ1) is 14.2. The van der Waals surface area contributed by atoms with Gasteiger partial charge in [-0.25, -0.2) is 9.78 Å². The molecule has 98 valence electrons. The molecule has 0 spiro atoms. The largest absolute Gasteiger partial charge is 0.478 e. The Balaban J connectivity index is 3.25. The highest BCUT2D eigenvalue weighted by Crippen LogP contribution is 2.30. The van der Waals surface area contributed by atoms with Gasteiger partial charge >= 0.3 is 12.1 Å². The summed E-state index contributed by atoms with van der Waals surface area (Å²) in [6, 6.07) is 2.07. The number of carboxylic acid groups (broad SMARTS) is 1. The molecule has 0 aliphatic carbocycles. The van der Waals surface area contributed by atoms with E-state index in [9.17, 15) is 18.0 Å². The Labute approximate surface area is 102 Å². The van der Waals surface area contributed by atoms with Crippen LogP contribution in [-0.4, -0.2) is 16.1 Å². The van der Waals surface area contributed by atoms with E-state index in [1.54, 1.807) is 13.8 Å². The highest BCUT2D eigenvalue weighted by molar-refractivity contribution is 5.85. The number of aromatic nitrogens is 1. The van der Waals surface area contributed by atoms with Gasteiger partial charge in [0.05, 0.1) is 5.69 Å². The molecule has 3 nitrogen and oxygen atoms in total. The maximum Gasteiger partial charge on any atom is 0.433 e. The Bertz CT molecular complexity index is 479. The standard InChI is InChI=1S/C12H12F3NO2/c1-7(2)11-8(4-6-10(17)18)3-5-9(16-11)12(13,14)15/h3-7H,1-2H3,(H,17,18)/b6-4+. The zero-order chi connectivity index (χ0) is 13.9. The van der Waals surface area contributed by atoms with Crippen LogP contribution in [0.3, 0.4) is 0 Å². The second-order valence-corrected chi connectivity index (χ2v) is 3.99. The summed E-state index contributed by atoms with van der Waals surface area (Å²) in [6.45, 7) is 3.39. The second-order valence-electron chi connectivity index (χ2n) is 3.99. The summed E-state index contributed by atoms with van der Waals surface area (Å²) in [5.41, 5.74) is -0.374. The quantitative estimate of drug-likeness (QED) is 0.847. The maximum atomic E-state index is 12.5. The molecule has 1 N–H and O–H groups in total. The molecule has 0 bridgehead atoms. The summed E-state index contributed by atoms with van der Waals surface area (Å²) in [4.78, 5) is 13.9. The number of alkyl halides is 3. The van der Waals surface area contributed by atoms with Crippen molar-refractivity contribution in [3.63, 3.8) is 0 Å². The Kier molecular flexibility index (Phi) is 4.11. The molecular weight excluding hydrogens is 247 g/mol. The minimum absolute atomic E-state index is 0.224. The molecule has 0 fully saturated rings. The van der Waals surface area contributed by atoms with E-state index in [1.807, 2.05) is 0 Å². The number of hydrogen-bond acceptors (Lipinski definition) is 2. The van der Waals surface area contributed by atoms with Crippen molar-refractivity contribution in [1.82, 2.24) is 4.98 Å². The van der Waals surface area contributed by atoms with E-state index in [-0.39, 0.29) is 11.6 Å². The second kappa shape index (κ2) is 5.20. The van der Waals surface area contributed by atoms with Crippen LogP contribution in [0.15, 0.2) is 18.2 Å². The van der Waals surface area contributed by atoms with E-state index < -0.39 is 17.8 Å². The zero-order valence-electron chi connectivity index (χ0n) is 9.82. The van der Waals surface area contributed by atoms with Crippen molar-refractivity contribution in [2.45, 2.75) is 25.9 Å². The first-order valence-electron chi connectivity index (χ1n) is 5.21. The number of hydrogen-bond donors (Lipinski definition) is 1. The lowest BCUT2D eigenvalue weighted by atomic mass is 10.0. The molecule has 0 atom stereocenters. The number of pyridine rings is 1. The first-order valence-corrected chi connectivity index (χ1v) is 5.21. The fraction of sp³-hybridized carbons (Fsp3) is 0.333. The molecule has 0 aliphatic rings. The smallest absolute Gasteiger partial charge is 0.433 e. The van der Waals surface area contributed by atoms with Gasteiger partial charge in [0.25, 0.3) is 0 Å². The van der Waals surface area contributed by atoms with Gasteiger partial charge in [0.15, 0.2) is 0 Å². The molecule has 0 radical (unpaired) electrons. The summed E-state index contributed by atoms with van der Waals surface area (Å²) >= 11 is 0. The molecule has 0 unspecified atom stereocenters. The van der Waals surface area contributed by atoms with Crippen LogP contribution in [0, 0.1) is 0 Å². The summed E-state index contributed by atoms with van der Waals surface area (Å²) in [5.74, 6) is -1.40. The van der Waals surface area contributed by atoms with E-state index in [0.29, 0.717) is 5.56 Å². The fourth-order valence-corrected chi connectivity index (χ4v) is 1.41. The normalized spacial score (nSPS) is 12.3. The lowest BCUT2D eigenvalue weighted by Gasteiger charge is -2.12. The van der Waals surface area contributed by atoms with Crippen LogP contribution >= 0.6 is 0 Å². The average molecular weight is 259 g/mol. The minimum atomic E-state index is -4.50. The lowest BCUT2D eigenvalue weighted by molar-refractivity contribution is -0.141. The van der Waals surface area contributed by atoms with Gasteiger partial charge in [-0.1, -0.05) is 19.9 Å². The Morgan fingerprint density at radius 1 is 1.39 bits per heavy atom. The SMILES string of the molecule is CC(C)c1nc(C(F)(F)F)ccc1/C=C/C(=O)O. The highest BCUT2D eigenvalue weighted by Gasteiger charge is 2.33. The molecular formula is C12H12F3NO2. The molecule has 0 saturated heterocycles. The average Bonchev–Trinajstić information content (AvgIpc) is 2.24. The summed E-state index contributed by atoms with van der Waals surface area (Å²) in [5, 5.41) is 8.50. The first-order chi connectivity index (χ1) is 8.21. The third kappa shape index (κ3) is 3.58. The van der Waals surface area contributed by atoms with Crippen molar-refractivity contribution in [2.24, 2.45) is 0 Å². The molecule has 1 aromatic rings. The van der Waals surface area contributed by atoms with Crippen molar-refractivity contribution in [3.8, 4) is 0 Å². The summed E-state index contributed by atoms with van der Waals surface area (Å²) in [6.07, 6.45) is -2.39. The number of halogens is 3. The van der Waals surface area contributed by atoms with Crippen molar-refractivity contribution in [1.29, 1.82) is 0 Å². The fourth-order valence-electron chi connectivity index (χ4n) is 1.41.